The van der Waals surface area contributed by atoms with Crippen molar-refractivity contribution in [3.63, 3.8) is 0 Å². The molecule has 0 radical (unpaired) electrons. The summed E-state index contributed by atoms with van der Waals surface area (Å²) >= 11 is 0. The Bertz CT molecular complexity index is 672. The molecule has 1 heterocycles. The van der Waals surface area contributed by atoms with E-state index >= 15 is 0 Å². The number of halogens is 1. The number of nitriles is 1. The van der Waals surface area contributed by atoms with Crippen LogP contribution in [0.5, 0.6) is 0 Å². The summed E-state index contributed by atoms with van der Waals surface area (Å²) in [6, 6.07) is 8.71. The molecule has 96 valence electrons. The number of aromatic nitrogens is 1. The minimum Gasteiger partial charge on any atom is -0.337 e. The molecule has 1 N–H and O–H groups in total. The normalized spacial score (nSPS) is 10.1. The van der Waals surface area contributed by atoms with Crippen LogP contribution in [0, 0.1) is 37.9 Å². The Morgan fingerprint density at radius 2 is 1.95 bits per heavy atom. The molecule has 1 aromatic carbocycles. The van der Waals surface area contributed by atoms with Gasteiger partial charge in [0.15, 0.2) is 0 Å². The number of nitrogens with zero attached hydrogens (tertiary/aromatic N) is 2. The van der Waals surface area contributed by atoms with Gasteiger partial charge < -0.3 is 5.32 Å². The summed E-state index contributed by atoms with van der Waals surface area (Å²) in [7, 11) is 0. The fourth-order valence-electron chi connectivity index (χ4n) is 1.93. The first-order valence-corrected chi connectivity index (χ1v) is 5.93. The maximum absolute atomic E-state index is 13.7. The van der Waals surface area contributed by atoms with Crippen molar-refractivity contribution >= 4 is 11.5 Å². The van der Waals surface area contributed by atoms with Crippen LogP contribution in [0.2, 0.25) is 0 Å². The smallest absolute Gasteiger partial charge is 0.148 e. The van der Waals surface area contributed by atoms with Crippen molar-refractivity contribution < 1.29 is 4.39 Å². The van der Waals surface area contributed by atoms with Crippen LogP contribution in [-0.2, 0) is 0 Å². The van der Waals surface area contributed by atoms with Gasteiger partial charge in [-0.1, -0.05) is 6.07 Å². The van der Waals surface area contributed by atoms with Gasteiger partial charge in [-0.15, -0.1) is 0 Å². The minimum atomic E-state index is -0.365. The Morgan fingerprint density at radius 3 is 2.63 bits per heavy atom. The highest BCUT2D eigenvalue weighted by atomic mass is 19.1. The van der Waals surface area contributed by atoms with Crippen LogP contribution in [0.1, 0.15) is 22.4 Å². The predicted molar refractivity (Wildman–Crippen MR) is 72.8 cm³/mol. The first-order chi connectivity index (χ1) is 9.01. The summed E-state index contributed by atoms with van der Waals surface area (Å²) in [5, 5.41) is 12.1. The third-order valence-corrected chi connectivity index (χ3v) is 2.83. The highest BCUT2D eigenvalue weighted by Crippen LogP contribution is 2.24. The van der Waals surface area contributed by atoms with Gasteiger partial charge in [0, 0.05) is 5.69 Å². The van der Waals surface area contributed by atoms with Gasteiger partial charge in [0.1, 0.15) is 17.7 Å². The quantitative estimate of drug-likeness (QED) is 0.888. The molecule has 2 rings (SSSR count). The van der Waals surface area contributed by atoms with Crippen LogP contribution < -0.4 is 5.32 Å². The molecular weight excluding hydrogens is 241 g/mol. The molecule has 0 bridgehead atoms. The van der Waals surface area contributed by atoms with E-state index in [9.17, 15) is 4.39 Å². The molecule has 0 saturated heterocycles. The van der Waals surface area contributed by atoms with Gasteiger partial charge in [-0.3, -0.25) is 0 Å². The highest BCUT2D eigenvalue weighted by Gasteiger charge is 2.11. The van der Waals surface area contributed by atoms with E-state index in [0.29, 0.717) is 17.1 Å². The third-order valence-electron chi connectivity index (χ3n) is 2.83. The van der Waals surface area contributed by atoms with Crippen molar-refractivity contribution in [3.8, 4) is 6.07 Å². The maximum atomic E-state index is 13.7. The molecule has 0 amide bonds. The fraction of sp³-hybridized carbons (Fsp3) is 0.200. The number of hydrogen-bond acceptors (Lipinski definition) is 3. The molecule has 3 nitrogen and oxygen atoms in total. The standard InChI is InChI=1S/C15H14FN3/c1-9-4-5-13(16)14(6-9)19-15-12(8-17)10(2)7-11(3)18-15/h4-7H,1-3H3,(H,18,19). The van der Waals surface area contributed by atoms with Crippen LogP contribution in [0.15, 0.2) is 24.3 Å². The zero-order valence-electron chi connectivity index (χ0n) is 11.1. The lowest BCUT2D eigenvalue weighted by atomic mass is 10.1. The van der Waals surface area contributed by atoms with Crippen molar-refractivity contribution in [1.29, 1.82) is 5.26 Å². The fourth-order valence-corrected chi connectivity index (χ4v) is 1.93. The summed E-state index contributed by atoms with van der Waals surface area (Å²) in [5.74, 6) is 0.0277. The second-order valence-electron chi connectivity index (χ2n) is 4.52. The number of nitrogens with one attached hydrogen (secondary N) is 1. The van der Waals surface area contributed by atoms with E-state index < -0.39 is 0 Å². The number of benzene rings is 1. The number of rotatable bonds is 2. The minimum absolute atomic E-state index is 0.328. The molecule has 0 saturated carbocycles. The van der Waals surface area contributed by atoms with Crippen molar-refractivity contribution in [2.24, 2.45) is 0 Å². The monoisotopic (exact) mass is 255 g/mol. The van der Waals surface area contributed by atoms with E-state index in [1.165, 1.54) is 6.07 Å². The summed E-state index contributed by atoms with van der Waals surface area (Å²) in [5.41, 5.74) is 3.31. The van der Waals surface area contributed by atoms with Crippen molar-refractivity contribution in [2.45, 2.75) is 20.8 Å². The van der Waals surface area contributed by atoms with Crippen LogP contribution in [-0.4, -0.2) is 4.98 Å². The van der Waals surface area contributed by atoms with Gasteiger partial charge in [0.05, 0.1) is 11.3 Å². The van der Waals surface area contributed by atoms with E-state index in [1.54, 1.807) is 12.1 Å². The van der Waals surface area contributed by atoms with Crippen LogP contribution >= 0.6 is 0 Å². The molecule has 19 heavy (non-hydrogen) atoms. The second kappa shape index (κ2) is 5.07. The molecular formula is C15H14FN3. The average Bonchev–Trinajstić information content (AvgIpc) is 2.33. The predicted octanol–water partition coefficient (Wildman–Crippen LogP) is 3.76. The number of anilines is 2. The third kappa shape index (κ3) is 2.71. The molecule has 0 aliphatic heterocycles. The largest absolute Gasteiger partial charge is 0.337 e. The van der Waals surface area contributed by atoms with Crippen LogP contribution in [0.3, 0.4) is 0 Å². The lowest BCUT2D eigenvalue weighted by molar-refractivity contribution is 0.631. The van der Waals surface area contributed by atoms with E-state index in [1.807, 2.05) is 26.8 Å². The second-order valence-corrected chi connectivity index (χ2v) is 4.52. The Kier molecular flexibility index (Phi) is 3.48. The Balaban J connectivity index is 2.49. The van der Waals surface area contributed by atoms with E-state index in [2.05, 4.69) is 16.4 Å². The Hall–Kier alpha value is -2.41. The molecule has 1 aromatic heterocycles. The van der Waals surface area contributed by atoms with Crippen molar-refractivity contribution in [2.75, 3.05) is 5.32 Å². The molecule has 0 fully saturated rings. The highest BCUT2D eigenvalue weighted by molar-refractivity contribution is 5.65. The van der Waals surface area contributed by atoms with E-state index in [0.717, 1.165) is 16.8 Å². The number of pyridine rings is 1. The Labute approximate surface area is 111 Å². The molecule has 0 unspecified atom stereocenters. The summed E-state index contributed by atoms with van der Waals surface area (Å²) in [6.45, 7) is 5.56. The molecule has 0 spiro atoms. The number of aryl methyl sites for hydroxylation is 3. The average molecular weight is 255 g/mol. The van der Waals surface area contributed by atoms with Crippen molar-refractivity contribution in [1.82, 2.24) is 4.98 Å². The van der Waals surface area contributed by atoms with Gasteiger partial charge in [0.25, 0.3) is 0 Å². The molecule has 2 aromatic rings. The lowest BCUT2D eigenvalue weighted by Crippen LogP contribution is -2.02. The molecule has 0 aliphatic carbocycles. The zero-order valence-corrected chi connectivity index (χ0v) is 11.1. The van der Waals surface area contributed by atoms with Crippen LogP contribution in [0.25, 0.3) is 0 Å². The maximum Gasteiger partial charge on any atom is 0.148 e. The molecule has 0 atom stereocenters. The molecule has 0 aliphatic rings. The number of hydrogen-bond donors (Lipinski definition) is 1. The van der Waals surface area contributed by atoms with Crippen molar-refractivity contribution in [3.05, 3.63) is 52.5 Å². The Morgan fingerprint density at radius 1 is 1.21 bits per heavy atom. The zero-order chi connectivity index (χ0) is 14.0. The van der Waals surface area contributed by atoms with Gasteiger partial charge in [-0.25, -0.2) is 9.37 Å². The first kappa shape index (κ1) is 13.0. The topological polar surface area (TPSA) is 48.7 Å². The lowest BCUT2D eigenvalue weighted by Gasteiger charge is -2.11. The summed E-state index contributed by atoms with van der Waals surface area (Å²) in [6.07, 6.45) is 0. The van der Waals surface area contributed by atoms with E-state index in [4.69, 9.17) is 5.26 Å². The SMILES string of the molecule is Cc1ccc(F)c(Nc2nc(C)cc(C)c2C#N)c1. The van der Waals surface area contributed by atoms with Gasteiger partial charge >= 0.3 is 0 Å². The van der Waals surface area contributed by atoms with Gasteiger partial charge in [-0.05, 0) is 50.1 Å². The van der Waals surface area contributed by atoms with Gasteiger partial charge in [-0.2, -0.15) is 5.26 Å². The summed E-state index contributed by atoms with van der Waals surface area (Å²) < 4.78 is 13.7. The van der Waals surface area contributed by atoms with Crippen LogP contribution in [0.4, 0.5) is 15.9 Å². The van der Waals surface area contributed by atoms with E-state index in [-0.39, 0.29) is 5.82 Å². The molecule has 4 heteroatoms. The summed E-state index contributed by atoms with van der Waals surface area (Å²) in [4.78, 5) is 4.27. The first-order valence-electron chi connectivity index (χ1n) is 5.93. The van der Waals surface area contributed by atoms with Gasteiger partial charge in [0.2, 0.25) is 0 Å².